The van der Waals surface area contributed by atoms with Crippen LogP contribution in [0.4, 0.5) is 4.39 Å². The maximum absolute atomic E-state index is 13.0. The van der Waals surface area contributed by atoms with E-state index in [1.165, 1.54) is 56.6 Å². The number of allylic oxidation sites excluding steroid dienone is 1. The van der Waals surface area contributed by atoms with Gasteiger partial charge in [0.2, 0.25) is 0 Å². The molecule has 0 saturated heterocycles. The number of benzene rings is 1. The molecule has 0 aromatic heterocycles. The van der Waals surface area contributed by atoms with Crippen molar-refractivity contribution in [1.29, 1.82) is 0 Å². The van der Waals surface area contributed by atoms with Crippen molar-refractivity contribution >= 4 is 5.97 Å². The number of carbonyl (C=O) groups is 1. The van der Waals surface area contributed by atoms with Gasteiger partial charge in [0.1, 0.15) is 11.9 Å². The Morgan fingerprint density at radius 3 is 2.19 bits per heavy atom. The normalized spacial score (nSPS) is 29.0. The average molecular weight is 373 g/mol. The fourth-order valence-electron chi connectivity index (χ4n) is 4.99. The molecule has 0 bridgehead atoms. The van der Waals surface area contributed by atoms with Crippen LogP contribution in [0, 0.1) is 23.6 Å². The Morgan fingerprint density at radius 1 is 1.00 bits per heavy atom. The lowest BCUT2D eigenvalue weighted by Crippen LogP contribution is -2.29. The Kier molecular flexibility index (Phi) is 7.49. The van der Waals surface area contributed by atoms with Crippen molar-refractivity contribution in [1.82, 2.24) is 0 Å². The second-order valence-electron chi connectivity index (χ2n) is 8.42. The number of hydrogen-bond acceptors (Lipinski definition) is 2. The Labute approximate surface area is 163 Å². The first kappa shape index (κ1) is 20.1. The van der Waals surface area contributed by atoms with Crippen LogP contribution >= 0.6 is 0 Å². The van der Waals surface area contributed by atoms with E-state index in [0.717, 1.165) is 37.0 Å². The average Bonchev–Trinajstić information content (AvgIpc) is 2.69. The van der Waals surface area contributed by atoms with Crippen molar-refractivity contribution in [3.8, 4) is 0 Å². The highest BCUT2D eigenvalue weighted by molar-refractivity contribution is 5.81. The second kappa shape index (κ2) is 10.1. The molecular formula is C24H33FO2. The molecule has 0 N–H and O–H groups in total. The van der Waals surface area contributed by atoms with E-state index in [9.17, 15) is 9.18 Å². The lowest BCUT2D eigenvalue weighted by Gasteiger charge is -2.37. The van der Waals surface area contributed by atoms with Gasteiger partial charge in [-0.2, -0.15) is 0 Å². The van der Waals surface area contributed by atoms with Gasteiger partial charge in [0, 0.05) is 6.08 Å². The number of aryl methyl sites for hydroxylation is 1. The van der Waals surface area contributed by atoms with Crippen LogP contribution in [0.15, 0.2) is 36.4 Å². The Morgan fingerprint density at radius 2 is 1.59 bits per heavy atom. The fourth-order valence-corrected chi connectivity index (χ4v) is 4.99. The van der Waals surface area contributed by atoms with Gasteiger partial charge in [0.05, 0.1) is 0 Å². The molecule has 2 fully saturated rings. The zero-order valence-electron chi connectivity index (χ0n) is 16.5. The Balaban J connectivity index is 1.35. The molecule has 2 saturated carbocycles. The standard InChI is InChI=1S/C24H33FO2/c1-2-3-24(26)27-23-16-12-21(13-17-23)20-10-6-18(7-11-20)4-5-19-8-14-22(25)15-9-19/h2-3,8-9,14-15,18,20-21,23H,4-7,10-13,16-17H2,1H3/b3-2+. The summed E-state index contributed by atoms with van der Waals surface area (Å²) >= 11 is 0. The second-order valence-corrected chi connectivity index (χ2v) is 8.42. The van der Waals surface area contributed by atoms with Crippen LogP contribution in [0.5, 0.6) is 0 Å². The predicted octanol–water partition coefficient (Wildman–Crippen LogP) is 6.24. The summed E-state index contributed by atoms with van der Waals surface area (Å²) in [6.07, 6.45) is 15.5. The number of esters is 1. The lowest BCUT2D eigenvalue weighted by atomic mass is 9.70. The van der Waals surface area contributed by atoms with Crippen LogP contribution < -0.4 is 0 Å². The monoisotopic (exact) mass is 372 g/mol. The van der Waals surface area contributed by atoms with Gasteiger partial charge in [0.25, 0.3) is 0 Å². The molecule has 1 aromatic carbocycles. The lowest BCUT2D eigenvalue weighted by molar-refractivity contribution is -0.145. The number of halogens is 1. The van der Waals surface area contributed by atoms with Gasteiger partial charge in [-0.3, -0.25) is 0 Å². The van der Waals surface area contributed by atoms with Crippen molar-refractivity contribution in [3.05, 3.63) is 47.8 Å². The summed E-state index contributed by atoms with van der Waals surface area (Å²) in [7, 11) is 0. The molecule has 1 aromatic rings. The number of hydrogen-bond donors (Lipinski definition) is 0. The maximum atomic E-state index is 13.0. The third-order valence-corrected chi connectivity index (χ3v) is 6.62. The van der Waals surface area contributed by atoms with E-state index in [1.807, 2.05) is 19.1 Å². The number of ether oxygens (including phenoxy) is 1. The largest absolute Gasteiger partial charge is 0.459 e. The SMILES string of the molecule is C/C=C/C(=O)OC1CCC(C2CCC(CCc3ccc(F)cc3)CC2)CC1. The van der Waals surface area contributed by atoms with E-state index in [4.69, 9.17) is 4.74 Å². The van der Waals surface area contributed by atoms with E-state index in [0.29, 0.717) is 0 Å². The quantitative estimate of drug-likeness (QED) is 0.436. The van der Waals surface area contributed by atoms with Crippen LogP contribution in [0.2, 0.25) is 0 Å². The molecule has 0 unspecified atom stereocenters. The number of rotatable bonds is 6. The highest BCUT2D eigenvalue weighted by atomic mass is 19.1. The van der Waals surface area contributed by atoms with E-state index < -0.39 is 0 Å². The predicted molar refractivity (Wildman–Crippen MR) is 107 cm³/mol. The summed E-state index contributed by atoms with van der Waals surface area (Å²) in [5.41, 5.74) is 1.25. The molecule has 0 atom stereocenters. The molecule has 148 valence electrons. The summed E-state index contributed by atoms with van der Waals surface area (Å²) in [6.45, 7) is 1.84. The summed E-state index contributed by atoms with van der Waals surface area (Å²) < 4.78 is 18.5. The molecule has 0 radical (unpaired) electrons. The van der Waals surface area contributed by atoms with Gasteiger partial charge in [-0.15, -0.1) is 0 Å². The molecule has 2 aliphatic carbocycles. The van der Waals surface area contributed by atoms with Crippen LogP contribution in [0.1, 0.15) is 70.3 Å². The van der Waals surface area contributed by atoms with Crippen LogP contribution in [-0.2, 0) is 16.0 Å². The van der Waals surface area contributed by atoms with Gasteiger partial charge in [-0.25, -0.2) is 9.18 Å². The van der Waals surface area contributed by atoms with Crippen LogP contribution in [-0.4, -0.2) is 12.1 Å². The molecule has 2 aliphatic rings. The zero-order valence-corrected chi connectivity index (χ0v) is 16.5. The number of carbonyl (C=O) groups excluding carboxylic acids is 1. The van der Waals surface area contributed by atoms with Crippen molar-refractivity contribution in [2.75, 3.05) is 0 Å². The van der Waals surface area contributed by atoms with E-state index in [-0.39, 0.29) is 17.9 Å². The minimum atomic E-state index is -0.192. The first-order chi connectivity index (χ1) is 13.1. The smallest absolute Gasteiger partial charge is 0.330 e. The maximum Gasteiger partial charge on any atom is 0.330 e. The highest BCUT2D eigenvalue weighted by Crippen LogP contribution is 2.41. The van der Waals surface area contributed by atoms with Gasteiger partial charge < -0.3 is 4.74 Å². The summed E-state index contributed by atoms with van der Waals surface area (Å²) in [5.74, 6) is 2.16. The fraction of sp³-hybridized carbons (Fsp3) is 0.625. The molecule has 27 heavy (non-hydrogen) atoms. The van der Waals surface area contributed by atoms with Crippen molar-refractivity contribution in [2.45, 2.75) is 77.2 Å². The summed E-state index contributed by atoms with van der Waals surface area (Å²) in [6, 6.07) is 6.97. The topological polar surface area (TPSA) is 26.3 Å². The minimum absolute atomic E-state index is 0.122. The molecule has 3 rings (SSSR count). The zero-order chi connectivity index (χ0) is 19.1. The van der Waals surface area contributed by atoms with Crippen LogP contribution in [0.3, 0.4) is 0 Å². The molecule has 3 heteroatoms. The summed E-state index contributed by atoms with van der Waals surface area (Å²) in [4.78, 5) is 11.6. The van der Waals surface area contributed by atoms with Gasteiger partial charge in [-0.05, 0) is 93.7 Å². The highest BCUT2D eigenvalue weighted by Gasteiger charge is 2.31. The van der Waals surface area contributed by atoms with Gasteiger partial charge in [0.15, 0.2) is 0 Å². The first-order valence-electron chi connectivity index (χ1n) is 10.7. The van der Waals surface area contributed by atoms with Crippen molar-refractivity contribution in [2.24, 2.45) is 17.8 Å². The first-order valence-corrected chi connectivity index (χ1v) is 10.7. The van der Waals surface area contributed by atoms with Crippen molar-refractivity contribution in [3.63, 3.8) is 0 Å². The van der Waals surface area contributed by atoms with E-state index in [1.54, 1.807) is 18.2 Å². The Bertz CT molecular complexity index is 606. The molecular weight excluding hydrogens is 339 g/mol. The third kappa shape index (κ3) is 6.19. The minimum Gasteiger partial charge on any atom is -0.459 e. The molecule has 0 heterocycles. The van der Waals surface area contributed by atoms with Crippen molar-refractivity contribution < 1.29 is 13.9 Å². The molecule has 0 spiro atoms. The van der Waals surface area contributed by atoms with Gasteiger partial charge >= 0.3 is 5.97 Å². The van der Waals surface area contributed by atoms with E-state index in [2.05, 4.69) is 0 Å². The summed E-state index contributed by atoms with van der Waals surface area (Å²) in [5, 5.41) is 0. The van der Waals surface area contributed by atoms with E-state index >= 15 is 0 Å². The van der Waals surface area contributed by atoms with Gasteiger partial charge in [-0.1, -0.05) is 31.1 Å². The third-order valence-electron chi connectivity index (χ3n) is 6.62. The molecule has 0 aliphatic heterocycles. The molecule has 2 nitrogen and oxygen atoms in total. The molecule has 0 amide bonds. The Hall–Kier alpha value is -1.64. The van der Waals surface area contributed by atoms with Crippen LogP contribution in [0.25, 0.3) is 0 Å².